The van der Waals surface area contributed by atoms with Crippen molar-refractivity contribution in [3.05, 3.63) is 30.1 Å². The third-order valence-corrected chi connectivity index (χ3v) is 3.65. The normalized spacial score (nSPS) is 24.0. The maximum absolute atomic E-state index is 12.0. The lowest BCUT2D eigenvalue weighted by atomic mass is 9.95. The van der Waals surface area contributed by atoms with Crippen molar-refractivity contribution in [2.45, 2.75) is 32.3 Å². The van der Waals surface area contributed by atoms with Crippen LogP contribution in [0.3, 0.4) is 0 Å². The minimum atomic E-state index is -0.372. The van der Waals surface area contributed by atoms with Crippen LogP contribution in [-0.2, 0) is 11.2 Å². The largest absolute Gasteiger partial charge is 0.391 e. The van der Waals surface area contributed by atoms with Crippen molar-refractivity contribution in [3.8, 4) is 0 Å². The van der Waals surface area contributed by atoms with Crippen LogP contribution in [0, 0.1) is 5.92 Å². The number of aliphatic hydroxyl groups is 1. The monoisotopic (exact) mass is 248 g/mol. The zero-order chi connectivity index (χ0) is 13.0. The van der Waals surface area contributed by atoms with Gasteiger partial charge < -0.3 is 10.0 Å². The summed E-state index contributed by atoms with van der Waals surface area (Å²) < 4.78 is 0. The highest BCUT2D eigenvalue weighted by molar-refractivity contribution is 5.76. The molecular weight excluding hydrogens is 228 g/mol. The maximum Gasteiger partial charge on any atom is 0.222 e. The molecule has 0 aliphatic carbocycles. The molecule has 0 aromatic carbocycles. The molecule has 1 aromatic rings. The Balaban J connectivity index is 1.82. The van der Waals surface area contributed by atoms with E-state index >= 15 is 0 Å². The number of β-amino-alcohol motifs (C(OH)–C–C–N with tert-alkyl or cyclic N) is 1. The molecule has 98 valence electrons. The fourth-order valence-corrected chi connectivity index (χ4v) is 2.23. The van der Waals surface area contributed by atoms with Gasteiger partial charge >= 0.3 is 0 Å². The molecule has 1 aliphatic rings. The highest BCUT2D eigenvalue weighted by atomic mass is 16.3. The molecule has 0 bridgehead atoms. The number of aromatic nitrogens is 1. The van der Waals surface area contributed by atoms with Gasteiger partial charge in [0.1, 0.15) is 0 Å². The molecule has 1 N–H and O–H groups in total. The van der Waals surface area contributed by atoms with E-state index in [0.717, 1.165) is 24.9 Å². The number of hydrogen-bond donors (Lipinski definition) is 1. The number of rotatable bonds is 3. The Labute approximate surface area is 108 Å². The van der Waals surface area contributed by atoms with Crippen LogP contribution in [0.25, 0.3) is 0 Å². The third kappa shape index (κ3) is 3.29. The molecule has 1 aliphatic heterocycles. The van der Waals surface area contributed by atoms with Gasteiger partial charge in [-0.1, -0.05) is 6.92 Å². The first kappa shape index (κ1) is 13.0. The molecule has 2 atom stereocenters. The fourth-order valence-electron chi connectivity index (χ4n) is 2.23. The molecule has 4 nitrogen and oxygen atoms in total. The van der Waals surface area contributed by atoms with Gasteiger partial charge in [0.05, 0.1) is 6.10 Å². The van der Waals surface area contributed by atoms with E-state index in [4.69, 9.17) is 0 Å². The SMILES string of the molecule is CC1CCN(C(=O)CCc2ccncc2)CC1O. The van der Waals surface area contributed by atoms with Crippen LogP contribution >= 0.6 is 0 Å². The highest BCUT2D eigenvalue weighted by Crippen LogP contribution is 2.18. The summed E-state index contributed by atoms with van der Waals surface area (Å²) in [5.41, 5.74) is 1.13. The Bertz CT molecular complexity index is 394. The summed E-state index contributed by atoms with van der Waals surface area (Å²) in [4.78, 5) is 17.8. The molecule has 1 fully saturated rings. The predicted molar refractivity (Wildman–Crippen MR) is 68.9 cm³/mol. The molecule has 2 unspecified atom stereocenters. The van der Waals surface area contributed by atoms with E-state index < -0.39 is 0 Å². The van der Waals surface area contributed by atoms with Crippen molar-refractivity contribution in [3.63, 3.8) is 0 Å². The standard InChI is InChI=1S/C14H20N2O2/c1-11-6-9-16(10-13(11)17)14(18)3-2-12-4-7-15-8-5-12/h4-5,7-8,11,13,17H,2-3,6,9-10H2,1H3. The molecule has 4 heteroatoms. The summed E-state index contributed by atoms with van der Waals surface area (Å²) in [7, 11) is 0. The van der Waals surface area contributed by atoms with E-state index in [0.29, 0.717) is 18.9 Å². The van der Waals surface area contributed by atoms with Crippen LogP contribution in [0.15, 0.2) is 24.5 Å². The third-order valence-electron chi connectivity index (χ3n) is 3.65. The zero-order valence-electron chi connectivity index (χ0n) is 10.7. The molecule has 0 radical (unpaired) electrons. The smallest absolute Gasteiger partial charge is 0.222 e. The highest BCUT2D eigenvalue weighted by Gasteiger charge is 2.26. The lowest BCUT2D eigenvalue weighted by molar-refractivity contribution is -0.135. The van der Waals surface area contributed by atoms with E-state index in [-0.39, 0.29) is 12.0 Å². The number of aliphatic hydroxyl groups excluding tert-OH is 1. The van der Waals surface area contributed by atoms with Gasteiger partial charge in [-0.15, -0.1) is 0 Å². The Kier molecular flexibility index (Phi) is 4.31. The van der Waals surface area contributed by atoms with Crippen molar-refractivity contribution in [1.82, 2.24) is 9.88 Å². The summed E-state index contributed by atoms with van der Waals surface area (Å²) >= 11 is 0. The van der Waals surface area contributed by atoms with Crippen LogP contribution in [-0.4, -0.2) is 40.1 Å². The van der Waals surface area contributed by atoms with Gasteiger partial charge in [-0.05, 0) is 36.5 Å². The summed E-state index contributed by atoms with van der Waals surface area (Å²) in [5, 5.41) is 9.78. The molecule has 0 saturated carbocycles. The Hall–Kier alpha value is -1.42. The van der Waals surface area contributed by atoms with E-state index in [1.54, 1.807) is 17.3 Å². The second-order valence-electron chi connectivity index (χ2n) is 5.03. The lowest BCUT2D eigenvalue weighted by Gasteiger charge is -2.34. The quantitative estimate of drug-likeness (QED) is 0.875. The Morgan fingerprint density at radius 1 is 1.50 bits per heavy atom. The molecule has 2 rings (SSSR count). The zero-order valence-corrected chi connectivity index (χ0v) is 10.7. The minimum absolute atomic E-state index is 0.137. The number of piperidine rings is 1. The van der Waals surface area contributed by atoms with Gasteiger partial charge in [0.15, 0.2) is 0 Å². The average molecular weight is 248 g/mol. The number of carbonyl (C=O) groups is 1. The molecule has 2 heterocycles. The van der Waals surface area contributed by atoms with Gasteiger partial charge in [-0.2, -0.15) is 0 Å². The molecule has 0 spiro atoms. The van der Waals surface area contributed by atoms with Gasteiger partial charge in [0, 0.05) is 31.9 Å². The Morgan fingerprint density at radius 3 is 2.89 bits per heavy atom. The first-order valence-corrected chi connectivity index (χ1v) is 6.51. The molecule has 1 aromatic heterocycles. The van der Waals surface area contributed by atoms with E-state index in [1.165, 1.54) is 0 Å². The number of likely N-dealkylation sites (tertiary alicyclic amines) is 1. The summed E-state index contributed by atoms with van der Waals surface area (Å²) in [6.45, 7) is 3.28. The molecule has 1 amide bonds. The van der Waals surface area contributed by atoms with Gasteiger partial charge in [0.2, 0.25) is 5.91 Å². The maximum atomic E-state index is 12.0. The lowest BCUT2D eigenvalue weighted by Crippen LogP contribution is -2.45. The van der Waals surface area contributed by atoms with Crippen molar-refractivity contribution in [1.29, 1.82) is 0 Å². The van der Waals surface area contributed by atoms with Crippen molar-refractivity contribution in [2.75, 3.05) is 13.1 Å². The van der Waals surface area contributed by atoms with Crippen LogP contribution in [0.5, 0.6) is 0 Å². The number of amides is 1. The predicted octanol–water partition coefficient (Wildman–Crippen LogP) is 1.24. The topological polar surface area (TPSA) is 53.4 Å². The van der Waals surface area contributed by atoms with Crippen LogP contribution in [0.4, 0.5) is 0 Å². The van der Waals surface area contributed by atoms with Crippen molar-refractivity contribution >= 4 is 5.91 Å². The summed E-state index contributed by atoms with van der Waals surface area (Å²) in [5.74, 6) is 0.437. The van der Waals surface area contributed by atoms with Crippen LogP contribution in [0.2, 0.25) is 0 Å². The van der Waals surface area contributed by atoms with Crippen LogP contribution in [0.1, 0.15) is 25.3 Å². The van der Waals surface area contributed by atoms with Gasteiger partial charge in [0.25, 0.3) is 0 Å². The van der Waals surface area contributed by atoms with Crippen LogP contribution < -0.4 is 0 Å². The number of pyridine rings is 1. The van der Waals surface area contributed by atoms with E-state index in [1.807, 2.05) is 19.1 Å². The van der Waals surface area contributed by atoms with Crippen molar-refractivity contribution < 1.29 is 9.90 Å². The second-order valence-corrected chi connectivity index (χ2v) is 5.03. The number of hydrogen-bond acceptors (Lipinski definition) is 3. The second kappa shape index (κ2) is 5.96. The van der Waals surface area contributed by atoms with Crippen molar-refractivity contribution in [2.24, 2.45) is 5.92 Å². The fraction of sp³-hybridized carbons (Fsp3) is 0.571. The number of nitrogens with zero attached hydrogens (tertiary/aromatic N) is 2. The molecule has 18 heavy (non-hydrogen) atoms. The molecular formula is C14H20N2O2. The minimum Gasteiger partial charge on any atom is -0.391 e. The summed E-state index contributed by atoms with van der Waals surface area (Å²) in [6, 6.07) is 3.86. The van der Waals surface area contributed by atoms with E-state index in [2.05, 4.69) is 4.98 Å². The average Bonchev–Trinajstić information content (AvgIpc) is 2.40. The number of carbonyl (C=O) groups excluding carboxylic acids is 1. The Morgan fingerprint density at radius 2 is 2.22 bits per heavy atom. The first-order chi connectivity index (χ1) is 8.66. The van der Waals surface area contributed by atoms with Gasteiger partial charge in [-0.3, -0.25) is 9.78 Å². The van der Waals surface area contributed by atoms with Gasteiger partial charge in [-0.25, -0.2) is 0 Å². The van der Waals surface area contributed by atoms with E-state index in [9.17, 15) is 9.90 Å². The summed E-state index contributed by atoms with van der Waals surface area (Å²) in [6.07, 6.45) is 5.25. The molecule has 1 saturated heterocycles. The first-order valence-electron chi connectivity index (χ1n) is 6.51. The number of aryl methyl sites for hydroxylation is 1.